The molecule has 9 heteroatoms. The van der Waals surface area contributed by atoms with Gasteiger partial charge in [-0.1, -0.05) is 69.0 Å². The lowest BCUT2D eigenvalue weighted by Crippen LogP contribution is -2.20. The van der Waals surface area contributed by atoms with Gasteiger partial charge < -0.3 is 4.74 Å². The fraction of sp³-hybridized carbons (Fsp3) is 0.0345. The molecule has 0 aliphatic heterocycles. The molecule has 4 aromatic carbocycles. The van der Waals surface area contributed by atoms with Gasteiger partial charge in [-0.2, -0.15) is 9.78 Å². The Bertz CT molecular complexity index is 1780. The molecule has 5 rings (SSSR count). The minimum Gasteiger partial charge on any atom is -0.422 e. The predicted octanol–water partition coefficient (Wildman–Crippen LogP) is 7.54. The second kappa shape index (κ2) is 10.9. The van der Waals surface area contributed by atoms with E-state index in [9.17, 15) is 9.59 Å². The molecule has 1 heterocycles. The minimum atomic E-state index is -0.514. The Morgan fingerprint density at radius 2 is 1.76 bits per heavy atom. The van der Waals surface area contributed by atoms with Gasteiger partial charge >= 0.3 is 5.97 Å². The fourth-order valence-electron chi connectivity index (χ4n) is 3.76. The Labute approximate surface area is 236 Å². The molecule has 38 heavy (non-hydrogen) atoms. The Hall–Kier alpha value is -3.78. The van der Waals surface area contributed by atoms with Crippen LogP contribution >= 0.6 is 39.1 Å². The van der Waals surface area contributed by atoms with Crippen LogP contribution in [0, 0.1) is 6.92 Å². The Morgan fingerprint density at radius 1 is 1.00 bits per heavy atom. The van der Waals surface area contributed by atoms with E-state index < -0.39 is 5.97 Å². The molecule has 1 aromatic heterocycles. The van der Waals surface area contributed by atoms with Gasteiger partial charge in [-0.25, -0.2) is 9.78 Å². The zero-order valence-electron chi connectivity index (χ0n) is 19.9. The van der Waals surface area contributed by atoms with E-state index in [0.29, 0.717) is 37.6 Å². The van der Waals surface area contributed by atoms with Crippen molar-refractivity contribution < 1.29 is 9.53 Å². The third kappa shape index (κ3) is 5.41. The summed E-state index contributed by atoms with van der Waals surface area (Å²) >= 11 is 16.0. The molecular weight excluding hydrogens is 589 g/mol. The number of carbonyl (C=O) groups is 1. The van der Waals surface area contributed by atoms with Crippen molar-refractivity contribution in [1.29, 1.82) is 0 Å². The number of halogens is 3. The van der Waals surface area contributed by atoms with Gasteiger partial charge in [-0.05, 0) is 67.6 Å². The smallest absolute Gasteiger partial charge is 0.343 e. The van der Waals surface area contributed by atoms with Gasteiger partial charge in [0.05, 0.1) is 27.7 Å². The van der Waals surface area contributed by atoms with Gasteiger partial charge in [-0.3, -0.25) is 4.79 Å². The number of esters is 1. The predicted molar refractivity (Wildman–Crippen MR) is 155 cm³/mol. The zero-order chi connectivity index (χ0) is 26.8. The molecule has 0 bridgehead atoms. The molecule has 0 spiro atoms. The summed E-state index contributed by atoms with van der Waals surface area (Å²) in [6, 6.07) is 24.1. The molecule has 0 fully saturated rings. The lowest BCUT2D eigenvalue weighted by atomic mass is 10.1. The molecule has 0 amide bonds. The van der Waals surface area contributed by atoms with Crippen LogP contribution in [-0.4, -0.2) is 21.8 Å². The lowest BCUT2D eigenvalue weighted by molar-refractivity contribution is 0.0734. The molecule has 0 aliphatic rings. The maximum atomic E-state index is 13.5. The topological polar surface area (TPSA) is 73.5 Å². The number of benzene rings is 4. The largest absolute Gasteiger partial charge is 0.422 e. The maximum Gasteiger partial charge on any atom is 0.343 e. The van der Waals surface area contributed by atoms with Crippen molar-refractivity contribution in [3.8, 4) is 17.1 Å². The highest BCUT2D eigenvalue weighted by Gasteiger charge is 2.16. The van der Waals surface area contributed by atoms with Gasteiger partial charge in [0.1, 0.15) is 5.75 Å². The van der Waals surface area contributed by atoms with Crippen LogP contribution in [0.4, 0.5) is 0 Å². The van der Waals surface area contributed by atoms with Crippen molar-refractivity contribution in [3.63, 3.8) is 0 Å². The van der Waals surface area contributed by atoms with Crippen LogP contribution in [0.1, 0.15) is 21.5 Å². The molecule has 0 N–H and O–H groups in total. The quantitative estimate of drug-likeness (QED) is 0.118. The highest BCUT2D eigenvalue weighted by molar-refractivity contribution is 9.10. The molecule has 0 saturated heterocycles. The molecule has 6 nitrogen and oxygen atoms in total. The van der Waals surface area contributed by atoms with Crippen molar-refractivity contribution >= 4 is 62.2 Å². The van der Waals surface area contributed by atoms with Crippen molar-refractivity contribution in [2.45, 2.75) is 6.92 Å². The van der Waals surface area contributed by atoms with Crippen LogP contribution in [0.15, 0.2) is 99.3 Å². The van der Waals surface area contributed by atoms with Gasteiger partial charge in [0, 0.05) is 20.6 Å². The number of fused-ring (bicyclic) bond motifs is 1. The van der Waals surface area contributed by atoms with Crippen LogP contribution in [-0.2, 0) is 0 Å². The molecule has 0 radical (unpaired) electrons. The Morgan fingerprint density at radius 3 is 2.53 bits per heavy atom. The van der Waals surface area contributed by atoms with Crippen molar-refractivity contribution in [3.05, 3.63) is 126 Å². The van der Waals surface area contributed by atoms with Gasteiger partial charge in [0.25, 0.3) is 5.56 Å². The monoisotopic (exact) mass is 605 g/mol. The first-order valence-electron chi connectivity index (χ1n) is 11.4. The molecule has 5 aromatic rings. The number of rotatable bonds is 5. The lowest BCUT2D eigenvalue weighted by Gasteiger charge is -2.12. The van der Waals surface area contributed by atoms with E-state index in [1.807, 2.05) is 19.1 Å². The summed E-state index contributed by atoms with van der Waals surface area (Å²) in [5.41, 5.74) is 2.51. The van der Waals surface area contributed by atoms with Crippen molar-refractivity contribution in [2.75, 3.05) is 0 Å². The Balaban J connectivity index is 1.61. The number of nitrogens with zero attached hydrogens (tertiary/aromatic N) is 3. The summed E-state index contributed by atoms with van der Waals surface area (Å²) in [6.07, 6.45) is 1.44. The number of aryl methyl sites for hydroxylation is 1. The third-order valence-electron chi connectivity index (χ3n) is 5.70. The first kappa shape index (κ1) is 25.9. The van der Waals surface area contributed by atoms with Crippen molar-refractivity contribution in [2.24, 2.45) is 5.10 Å². The fourth-order valence-corrected chi connectivity index (χ4v) is 4.63. The van der Waals surface area contributed by atoms with Crippen LogP contribution in [0.3, 0.4) is 0 Å². The number of aromatic nitrogens is 2. The second-order valence-electron chi connectivity index (χ2n) is 8.38. The van der Waals surface area contributed by atoms with Gasteiger partial charge in [0.15, 0.2) is 5.82 Å². The van der Waals surface area contributed by atoms with E-state index in [0.717, 1.165) is 10.0 Å². The van der Waals surface area contributed by atoms with E-state index in [1.54, 1.807) is 72.8 Å². The SMILES string of the molecule is Cc1ccc(C(=O)Oc2ccc(Br)cc2C=Nn2c(-c3ccc(Cl)cc3Cl)nc3ccccc3c2=O)cc1. The zero-order valence-corrected chi connectivity index (χ0v) is 23.0. The summed E-state index contributed by atoms with van der Waals surface area (Å²) in [7, 11) is 0. The summed E-state index contributed by atoms with van der Waals surface area (Å²) < 4.78 is 7.58. The Kier molecular flexibility index (Phi) is 7.42. The molecular formula is C29H18BrCl2N3O3. The average molecular weight is 607 g/mol. The molecule has 0 aliphatic carbocycles. The second-order valence-corrected chi connectivity index (χ2v) is 10.1. The first-order chi connectivity index (χ1) is 18.3. The third-order valence-corrected chi connectivity index (χ3v) is 6.74. The van der Waals surface area contributed by atoms with Crippen LogP contribution in [0.25, 0.3) is 22.3 Å². The first-order valence-corrected chi connectivity index (χ1v) is 12.9. The van der Waals surface area contributed by atoms with E-state index >= 15 is 0 Å². The number of ether oxygens (including phenoxy) is 1. The van der Waals surface area contributed by atoms with E-state index in [1.165, 1.54) is 10.9 Å². The van der Waals surface area contributed by atoms with Crippen LogP contribution < -0.4 is 10.3 Å². The molecule has 0 saturated carbocycles. The van der Waals surface area contributed by atoms with Crippen molar-refractivity contribution in [1.82, 2.24) is 9.66 Å². The highest BCUT2D eigenvalue weighted by atomic mass is 79.9. The van der Waals surface area contributed by atoms with E-state index in [2.05, 4.69) is 26.0 Å². The standard InChI is InChI=1S/C29H18BrCl2N3O3/c1-17-6-8-18(9-7-17)29(37)38-26-13-10-20(30)14-19(26)16-33-35-27(22-12-11-21(31)15-24(22)32)34-25-5-3-2-4-23(25)28(35)36/h2-16H,1H3. The number of carbonyl (C=O) groups excluding carboxylic acids is 1. The van der Waals surface area contributed by atoms with Gasteiger partial charge in [-0.15, -0.1) is 0 Å². The summed E-state index contributed by atoms with van der Waals surface area (Å²) in [5, 5.41) is 5.63. The summed E-state index contributed by atoms with van der Waals surface area (Å²) in [4.78, 5) is 31.0. The molecule has 0 unspecified atom stereocenters. The van der Waals surface area contributed by atoms with Crippen LogP contribution in [0.2, 0.25) is 10.0 Å². The number of para-hydroxylation sites is 1. The molecule has 0 atom stereocenters. The normalized spacial score (nSPS) is 11.3. The molecule has 188 valence electrons. The minimum absolute atomic E-state index is 0.236. The van der Waals surface area contributed by atoms with E-state index in [4.69, 9.17) is 27.9 Å². The van der Waals surface area contributed by atoms with Crippen LogP contribution in [0.5, 0.6) is 5.75 Å². The number of hydrogen-bond acceptors (Lipinski definition) is 5. The highest BCUT2D eigenvalue weighted by Crippen LogP contribution is 2.30. The number of hydrogen-bond donors (Lipinski definition) is 0. The van der Waals surface area contributed by atoms with E-state index in [-0.39, 0.29) is 17.1 Å². The summed E-state index contributed by atoms with van der Waals surface area (Å²) in [6.45, 7) is 1.94. The average Bonchev–Trinajstić information content (AvgIpc) is 2.90. The summed E-state index contributed by atoms with van der Waals surface area (Å²) in [5.74, 6) is -0.00430. The maximum absolute atomic E-state index is 13.5. The van der Waals surface area contributed by atoms with Gasteiger partial charge in [0.2, 0.25) is 0 Å².